The summed E-state index contributed by atoms with van der Waals surface area (Å²) >= 11 is 3.64. The summed E-state index contributed by atoms with van der Waals surface area (Å²) in [5.41, 5.74) is 4.14. The van der Waals surface area contributed by atoms with Crippen LogP contribution in [0, 0.1) is 6.92 Å². The maximum Gasteiger partial charge on any atom is 0.255 e. The molecule has 6 heteroatoms. The number of amides is 2. The molecular formula is C21H24N2O2S2. The Morgan fingerprint density at radius 1 is 1.07 bits per heavy atom. The highest BCUT2D eigenvalue weighted by atomic mass is 32.2. The molecule has 0 aliphatic carbocycles. The lowest BCUT2D eigenvalue weighted by Gasteiger charge is -2.26. The first-order valence-electron chi connectivity index (χ1n) is 8.95. The van der Waals surface area contributed by atoms with E-state index in [0.717, 1.165) is 41.6 Å². The molecule has 0 bridgehead atoms. The van der Waals surface area contributed by atoms with Crippen LogP contribution in [0.25, 0.3) is 0 Å². The molecule has 0 unspecified atom stereocenters. The van der Waals surface area contributed by atoms with Crippen LogP contribution in [0.3, 0.4) is 0 Å². The van der Waals surface area contributed by atoms with Gasteiger partial charge < -0.3 is 10.2 Å². The number of carbonyl (C=O) groups is 2. The van der Waals surface area contributed by atoms with E-state index in [4.69, 9.17) is 0 Å². The fraction of sp³-hybridized carbons (Fsp3) is 0.333. The SMILES string of the molecule is CSCc1ccc(C(=O)Nc2ccc(C(=O)N3CCSCC3)cc2C)cc1. The zero-order valence-corrected chi connectivity index (χ0v) is 17.3. The molecule has 1 N–H and O–H groups in total. The molecule has 0 aromatic heterocycles. The summed E-state index contributed by atoms with van der Waals surface area (Å²) in [5.74, 6) is 2.86. The van der Waals surface area contributed by atoms with E-state index in [9.17, 15) is 9.59 Å². The van der Waals surface area contributed by atoms with Crippen LogP contribution in [0.2, 0.25) is 0 Å². The fourth-order valence-corrected chi connectivity index (χ4v) is 4.43. The van der Waals surface area contributed by atoms with Crippen molar-refractivity contribution in [3.8, 4) is 0 Å². The minimum Gasteiger partial charge on any atom is -0.337 e. The largest absolute Gasteiger partial charge is 0.337 e. The van der Waals surface area contributed by atoms with Gasteiger partial charge in [-0.3, -0.25) is 9.59 Å². The molecule has 0 spiro atoms. The summed E-state index contributed by atoms with van der Waals surface area (Å²) in [5, 5.41) is 2.95. The molecule has 1 aliphatic heterocycles. The molecule has 0 radical (unpaired) electrons. The van der Waals surface area contributed by atoms with Gasteiger partial charge in [-0.1, -0.05) is 12.1 Å². The fourth-order valence-electron chi connectivity index (χ4n) is 3.00. The quantitative estimate of drug-likeness (QED) is 0.813. The van der Waals surface area contributed by atoms with Gasteiger partial charge in [-0.2, -0.15) is 23.5 Å². The number of carbonyl (C=O) groups excluding carboxylic acids is 2. The lowest BCUT2D eigenvalue weighted by molar-refractivity contribution is 0.0772. The number of hydrogen-bond donors (Lipinski definition) is 1. The van der Waals surface area contributed by atoms with Crippen LogP contribution in [0.4, 0.5) is 5.69 Å². The van der Waals surface area contributed by atoms with Gasteiger partial charge in [-0.05, 0) is 54.6 Å². The van der Waals surface area contributed by atoms with Gasteiger partial charge >= 0.3 is 0 Å². The van der Waals surface area contributed by atoms with Gasteiger partial charge in [0.2, 0.25) is 0 Å². The molecule has 2 amide bonds. The van der Waals surface area contributed by atoms with Gasteiger partial charge in [-0.15, -0.1) is 0 Å². The summed E-state index contributed by atoms with van der Waals surface area (Å²) < 4.78 is 0. The summed E-state index contributed by atoms with van der Waals surface area (Å²) in [4.78, 5) is 27.0. The highest BCUT2D eigenvalue weighted by Crippen LogP contribution is 2.20. The van der Waals surface area contributed by atoms with Gasteiger partial charge in [0.25, 0.3) is 11.8 Å². The highest BCUT2D eigenvalue weighted by Gasteiger charge is 2.19. The Morgan fingerprint density at radius 2 is 1.74 bits per heavy atom. The average molecular weight is 401 g/mol. The molecular weight excluding hydrogens is 376 g/mol. The van der Waals surface area contributed by atoms with E-state index in [1.807, 2.05) is 60.0 Å². The number of rotatable bonds is 5. The first-order valence-corrected chi connectivity index (χ1v) is 11.5. The zero-order valence-electron chi connectivity index (χ0n) is 15.7. The number of anilines is 1. The molecule has 4 nitrogen and oxygen atoms in total. The number of thioether (sulfide) groups is 2. The van der Waals surface area contributed by atoms with E-state index in [1.54, 1.807) is 17.8 Å². The third kappa shape index (κ3) is 5.08. The molecule has 3 rings (SSSR count). The summed E-state index contributed by atoms with van der Waals surface area (Å²) in [6.45, 7) is 3.52. The number of nitrogens with one attached hydrogen (secondary N) is 1. The molecule has 1 fully saturated rings. The van der Waals surface area contributed by atoms with Crippen molar-refractivity contribution in [1.82, 2.24) is 4.90 Å². The van der Waals surface area contributed by atoms with Crippen LogP contribution in [0.1, 0.15) is 31.8 Å². The summed E-state index contributed by atoms with van der Waals surface area (Å²) in [7, 11) is 0. The van der Waals surface area contributed by atoms with E-state index < -0.39 is 0 Å². The van der Waals surface area contributed by atoms with Gasteiger partial charge in [0.1, 0.15) is 0 Å². The third-order valence-electron chi connectivity index (χ3n) is 4.55. The van der Waals surface area contributed by atoms with E-state index in [2.05, 4.69) is 11.6 Å². The Labute approximate surface area is 169 Å². The maximum atomic E-state index is 12.6. The van der Waals surface area contributed by atoms with Crippen LogP contribution in [0.5, 0.6) is 0 Å². The number of nitrogens with zero attached hydrogens (tertiary/aromatic N) is 1. The van der Waals surface area contributed by atoms with Crippen LogP contribution >= 0.6 is 23.5 Å². The monoisotopic (exact) mass is 400 g/mol. The maximum absolute atomic E-state index is 12.6. The Balaban J connectivity index is 1.68. The molecule has 1 saturated heterocycles. The normalized spacial score (nSPS) is 14.1. The van der Waals surface area contributed by atoms with E-state index in [1.165, 1.54) is 5.56 Å². The zero-order chi connectivity index (χ0) is 19.2. The van der Waals surface area contributed by atoms with E-state index in [0.29, 0.717) is 11.1 Å². The third-order valence-corrected chi connectivity index (χ3v) is 6.11. The Kier molecular flexibility index (Phi) is 6.85. The molecule has 1 heterocycles. The Hall–Kier alpha value is -1.92. The van der Waals surface area contributed by atoms with Crippen molar-refractivity contribution in [2.45, 2.75) is 12.7 Å². The second kappa shape index (κ2) is 9.33. The van der Waals surface area contributed by atoms with Crippen molar-refractivity contribution >= 4 is 41.0 Å². The first kappa shape index (κ1) is 19.8. The molecule has 1 aliphatic rings. The first-order chi connectivity index (χ1) is 13.1. The molecule has 0 saturated carbocycles. The lowest BCUT2D eigenvalue weighted by atomic mass is 10.1. The van der Waals surface area contributed by atoms with Gasteiger partial charge in [0.15, 0.2) is 0 Å². The average Bonchev–Trinajstić information content (AvgIpc) is 2.70. The van der Waals surface area contributed by atoms with E-state index >= 15 is 0 Å². The van der Waals surface area contributed by atoms with Crippen molar-refractivity contribution in [2.75, 3.05) is 36.2 Å². The van der Waals surface area contributed by atoms with E-state index in [-0.39, 0.29) is 11.8 Å². The van der Waals surface area contributed by atoms with Gasteiger partial charge in [0.05, 0.1) is 0 Å². The Bertz CT molecular complexity index is 815. The Morgan fingerprint density at radius 3 is 2.37 bits per heavy atom. The van der Waals surface area contributed by atoms with Gasteiger partial charge in [-0.25, -0.2) is 0 Å². The minimum absolute atomic E-state index is 0.0701. The van der Waals surface area contributed by atoms with Crippen LogP contribution in [-0.2, 0) is 5.75 Å². The van der Waals surface area contributed by atoms with Crippen LogP contribution in [-0.4, -0.2) is 47.6 Å². The summed E-state index contributed by atoms with van der Waals surface area (Å²) in [6.07, 6.45) is 2.06. The van der Waals surface area contributed by atoms with Crippen molar-refractivity contribution in [2.24, 2.45) is 0 Å². The number of hydrogen-bond acceptors (Lipinski definition) is 4. The second-order valence-corrected chi connectivity index (χ2v) is 8.61. The predicted octanol–water partition coefficient (Wildman–Crippen LogP) is 4.30. The van der Waals surface area contributed by atoms with Crippen LogP contribution in [0.15, 0.2) is 42.5 Å². The predicted molar refractivity (Wildman–Crippen MR) is 116 cm³/mol. The van der Waals surface area contributed by atoms with Gasteiger partial charge in [0, 0.05) is 47.2 Å². The molecule has 2 aromatic carbocycles. The van der Waals surface area contributed by atoms with Crippen LogP contribution < -0.4 is 5.32 Å². The standard InChI is InChI=1S/C21H24N2O2S2/c1-15-13-18(21(25)23-9-11-27-12-10-23)7-8-19(15)22-20(24)17-5-3-16(4-6-17)14-26-2/h3-8,13H,9-12,14H2,1-2H3,(H,22,24). The highest BCUT2D eigenvalue weighted by molar-refractivity contribution is 7.99. The molecule has 27 heavy (non-hydrogen) atoms. The lowest BCUT2D eigenvalue weighted by Crippen LogP contribution is -2.37. The van der Waals surface area contributed by atoms with Crippen molar-refractivity contribution in [3.05, 3.63) is 64.7 Å². The molecule has 2 aromatic rings. The molecule has 142 valence electrons. The smallest absolute Gasteiger partial charge is 0.255 e. The van der Waals surface area contributed by atoms with Crippen molar-refractivity contribution < 1.29 is 9.59 Å². The summed E-state index contributed by atoms with van der Waals surface area (Å²) in [6, 6.07) is 13.1. The van der Waals surface area contributed by atoms with Crippen molar-refractivity contribution in [3.63, 3.8) is 0 Å². The number of aryl methyl sites for hydroxylation is 1. The second-order valence-electron chi connectivity index (χ2n) is 6.52. The minimum atomic E-state index is -0.138. The number of benzene rings is 2. The van der Waals surface area contributed by atoms with Crippen molar-refractivity contribution in [1.29, 1.82) is 0 Å². The molecule has 0 atom stereocenters. The topological polar surface area (TPSA) is 49.4 Å².